The van der Waals surface area contributed by atoms with Gasteiger partial charge in [-0.15, -0.1) is 0 Å². The van der Waals surface area contributed by atoms with Crippen LogP contribution in [-0.2, 0) is 0 Å². The van der Waals surface area contributed by atoms with E-state index in [0.717, 1.165) is 31.6 Å². The van der Waals surface area contributed by atoms with Gasteiger partial charge >= 0.3 is 0 Å². The molecule has 12 heteroatoms. The Labute approximate surface area is 199 Å². The second kappa shape index (κ2) is 10.4. The summed E-state index contributed by atoms with van der Waals surface area (Å²) in [4.78, 5) is 26.1. The van der Waals surface area contributed by atoms with Gasteiger partial charge in [-0.25, -0.2) is 5.43 Å². The van der Waals surface area contributed by atoms with E-state index in [4.69, 9.17) is 23.2 Å². The van der Waals surface area contributed by atoms with E-state index in [1.165, 1.54) is 24.8 Å². The number of hydrogen-bond donors (Lipinski definition) is 2. The number of nitro benzene ring substituents is 1. The molecule has 2 heterocycles. The molecule has 2 aromatic carbocycles. The van der Waals surface area contributed by atoms with Gasteiger partial charge in [-0.3, -0.25) is 10.1 Å². The molecule has 0 bridgehead atoms. The first-order chi connectivity index (χ1) is 16.0. The van der Waals surface area contributed by atoms with Gasteiger partial charge in [-0.05, 0) is 37.5 Å². The van der Waals surface area contributed by atoms with Crippen molar-refractivity contribution in [2.75, 3.05) is 28.7 Å². The second-order valence-electron chi connectivity index (χ2n) is 7.27. The Kier molecular flexibility index (Phi) is 7.16. The maximum absolute atomic E-state index is 11.1. The standard InChI is InChI=1S/C21H20Cl2N8O2/c22-16-12-17(23)18(31(32)33)11-14(16)13-24-29-20-26-19(25-15-7-3-1-4-8-15)27-21(28-20)30-9-5-2-6-10-30/h1,3-4,7-8,11-13H,2,5-6,9-10H2,(H2,25,26,27,28,29)/b24-13+. The van der Waals surface area contributed by atoms with Crippen LogP contribution in [0.15, 0.2) is 47.6 Å². The molecule has 2 N–H and O–H groups in total. The molecule has 1 fully saturated rings. The molecule has 0 radical (unpaired) electrons. The van der Waals surface area contributed by atoms with E-state index in [1.54, 1.807) is 0 Å². The number of aromatic nitrogens is 3. The van der Waals surface area contributed by atoms with Crippen LogP contribution < -0.4 is 15.6 Å². The molecule has 1 aliphatic rings. The van der Waals surface area contributed by atoms with E-state index in [-0.39, 0.29) is 21.7 Å². The predicted octanol–water partition coefficient (Wildman–Crippen LogP) is 5.27. The Morgan fingerprint density at radius 2 is 1.73 bits per heavy atom. The van der Waals surface area contributed by atoms with Crippen molar-refractivity contribution < 1.29 is 4.92 Å². The monoisotopic (exact) mass is 486 g/mol. The molecule has 0 aliphatic carbocycles. The van der Waals surface area contributed by atoms with Crippen molar-refractivity contribution in [1.29, 1.82) is 0 Å². The van der Waals surface area contributed by atoms with E-state index in [1.807, 2.05) is 30.3 Å². The van der Waals surface area contributed by atoms with Crippen LogP contribution in [0.3, 0.4) is 0 Å². The fourth-order valence-electron chi connectivity index (χ4n) is 3.31. The van der Waals surface area contributed by atoms with Crippen molar-refractivity contribution in [3.8, 4) is 0 Å². The Hall–Kier alpha value is -3.50. The zero-order valence-corrected chi connectivity index (χ0v) is 18.9. The summed E-state index contributed by atoms with van der Waals surface area (Å²) in [5.74, 6) is 1.13. The zero-order chi connectivity index (χ0) is 23.2. The quantitative estimate of drug-likeness (QED) is 0.263. The van der Waals surface area contributed by atoms with Crippen LogP contribution in [0.4, 0.5) is 29.2 Å². The van der Waals surface area contributed by atoms with Crippen molar-refractivity contribution in [1.82, 2.24) is 15.0 Å². The molecule has 0 atom stereocenters. The van der Waals surface area contributed by atoms with E-state index >= 15 is 0 Å². The highest BCUT2D eigenvalue weighted by Gasteiger charge is 2.17. The third kappa shape index (κ3) is 5.85. The molecule has 0 unspecified atom stereocenters. The maximum atomic E-state index is 11.1. The summed E-state index contributed by atoms with van der Waals surface area (Å²) in [5.41, 5.74) is 3.67. The molecule has 3 aromatic rings. The number of nitrogens with zero attached hydrogens (tertiary/aromatic N) is 6. The Morgan fingerprint density at radius 1 is 1.00 bits per heavy atom. The first-order valence-electron chi connectivity index (χ1n) is 10.3. The van der Waals surface area contributed by atoms with Crippen LogP contribution in [0.2, 0.25) is 10.0 Å². The number of anilines is 4. The number of rotatable bonds is 7. The highest BCUT2D eigenvalue weighted by Crippen LogP contribution is 2.30. The highest BCUT2D eigenvalue weighted by atomic mass is 35.5. The Morgan fingerprint density at radius 3 is 2.45 bits per heavy atom. The molecule has 0 saturated carbocycles. The summed E-state index contributed by atoms with van der Waals surface area (Å²) < 4.78 is 0. The van der Waals surface area contributed by atoms with Gasteiger partial charge < -0.3 is 10.2 Å². The lowest BCUT2D eigenvalue weighted by molar-refractivity contribution is -0.384. The minimum atomic E-state index is -0.582. The lowest BCUT2D eigenvalue weighted by Gasteiger charge is -2.26. The van der Waals surface area contributed by atoms with Crippen LogP contribution in [-0.4, -0.2) is 39.2 Å². The minimum Gasteiger partial charge on any atom is -0.341 e. The molecular weight excluding hydrogens is 467 g/mol. The summed E-state index contributed by atoms with van der Waals surface area (Å²) in [6, 6.07) is 12.1. The van der Waals surface area contributed by atoms with Crippen LogP contribution >= 0.6 is 23.2 Å². The van der Waals surface area contributed by atoms with Crippen LogP contribution in [0, 0.1) is 10.1 Å². The number of benzene rings is 2. The fraction of sp³-hybridized carbons (Fsp3) is 0.238. The van der Waals surface area contributed by atoms with E-state index in [0.29, 0.717) is 17.5 Å². The normalized spacial score (nSPS) is 13.8. The molecule has 0 amide bonds. The minimum absolute atomic E-state index is 0.0459. The summed E-state index contributed by atoms with van der Waals surface area (Å²) in [6.45, 7) is 1.73. The third-order valence-corrected chi connectivity index (χ3v) is 5.55. The molecule has 1 saturated heterocycles. The molecule has 4 rings (SSSR count). The van der Waals surface area contributed by atoms with Gasteiger partial charge in [-0.1, -0.05) is 41.4 Å². The predicted molar refractivity (Wildman–Crippen MR) is 130 cm³/mol. The van der Waals surface area contributed by atoms with Gasteiger partial charge in [0.15, 0.2) is 0 Å². The molecule has 33 heavy (non-hydrogen) atoms. The van der Waals surface area contributed by atoms with Gasteiger partial charge in [-0.2, -0.15) is 20.1 Å². The molecule has 0 spiro atoms. The number of piperidine rings is 1. The Balaban J connectivity index is 1.59. The number of hydrazone groups is 1. The summed E-state index contributed by atoms with van der Waals surface area (Å²) in [6.07, 6.45) is 4.67. The number of para-hydroxylation sites is 1. The lowest BCUT2D eigenvalue weighted by Crippen LogP contribution is -2.31. The van der Waals surface area contributed by atoms with Gasteiger partial charge in [0, 0.05) is 30.4 Å². The van der Waals surface area contributed by atoms with Gasteiger partial charge in [0.05, 0.1) is 16.2 Å². The average Bonchev–Trinajstić information content (AvgIpc) is 2.81. The number of nitro groups is 1. The summed E-state index contributed by atoms with van der Waals surface area (Å²) in [7, 11) is 0. The molecule has 170 valence electrons. The highest BCUT2D eigenvalue weighted by molar-refractivity contribution is 6.37. The topological polar surface area (TPSA) is 121 Å². The van der Waals surface area contributed by atoms with Gasteiger partial charge in [0.25, 0.3) is 5.69 Å². The molecule has 10 nitrogen and oxygen atoms in total. The first kappa shape index (κ1) is 22.7. The first-order valence-corrected chi connectivity index (χ1v) is 11.0. The largest absolute Gasteiger partial charge is 0.341 e. The average molecular weight is 487 g/mol. The van der Waals surface area contributed by atoms with Crippen molar-refractivity contribution in [2.45, 2.75) is 19.3 Å². The lowest BCUT2D eigenvalue weighted by atomic mass is 10.1. The van der Waals surface area contributed by atoms with Crippen molar-refractivity contribution in [2.24, 2.45) is 5.10 Å². The fourth-order valence-corrected chi connectivity index (χ4v) is 3.81. The van der Waals surface area contributed by atoms with Gasteiger partial charge in [0.1, 0.15) is 5.02 Å². The van der Waals surface area contributed by atoms with Crippen LogP contribution in [0.1, 0.15) is 24.8 Å². The van der Waals surface area contributed by atoms with Crippen LogP contribution in [0.25, 0.3) is 0 Å². The number of hydrogen-bond acceptors (Lipinski definition) is 9. The zero-order valence-electron chi connectivity index (χ0n) is 17.4. The SMILES string of the molecule is O=[N+]([O-])c1cc(/C=N/Nc2nc(Nc3ccccc3)nc(N3CCCCC3)n2)c(Cl)cc1Cl. The number of halogens is 2. The smallest absolute Gasteiger partial charge is 0.288 e. The Bertz CT molecular complexity index is 1170. The second-order valence-corrected chi connectivity index (χ2v) is 8.09. The van der Waals surface area contributed by atoms with Crippen molar-refractivity contribution in [3.63, 3.8) is 0 Å². The van der Waals surface area contributed by atoms with Gasteiger partial charge in [0.2, 0.25) is 17.8 Å². The number of nitrogens with one attached hydrogen (secondary N) is 2. The van der Waals surface area contributed by atoms with Crippen molar-refractivity contribution in [3.05, 3.63) is 68.2 Å². The van der Waals surface area contributed by atoms with E-state index < -0.39 is 4.92 Å². The maximum Gasteiger partial charge on any atom is 0.288 e. The van der Waals surface area contributed by atoms with Crippen molar-refractivity contribution >= 4 is 58.6 Å². The third-order valence-electron chi connectivity index (χ3n) is 4.92. The molecular formula is C21H20Cl2N8O2. The van der Waals surface area contributed by atoms with E-state index in [2.05, 4.69) is 35.7 Å². The molecule has 1 aromatic heterocycles. The summed E-state index contributed by atoms with van der Waals surface area (Å²) >= 11 is 12.0. The molecule has 1 aliphatic heterocycles. The van der Waals surface area contributed by atoms with Crippen LogP contribution in [0.5, 0.6) is 0 Å². The van der Waals surface area contributed by atoms with E-state index in [9.17, 15) is 10.1 Å². The summed E-state index contributed by atoms with van der Waals surface area (Å²) in [5, 5.41) is 18.6.